The summed E-state index contributed by atoms with van der Waals surface area (Å²) in [5.41, 5.74) is 6.02. The minimum atomic E-state index is -4.51. The second-order valence-electron chi connectivity index (χ2n) is 12.5. The van der Waals surface area contributed by atoms with Crippen molar-refractivity contribution in [2.24, 2.45) is 0 Å². The predicted molar refractivity (Wildman–Crippen MR) is 186 cm³/mol. The van der Waals surface area contributed by atoms with Gasteiger partial charge < -0.3 is 15.2 Å². The highest BCUT2D eigenvalue weighted by Crippen LogP contribution is 2.53. The van der Waals surface area contributed by atoms with E-state index in [4.69, 9.17) is 0 Å². The van der Waals surface area contributed by atoms with Crippen LogP contribution < -0.4 is 10.6 Å². The van der Waals surface area contributed by atoms with Gasteiger partial charge in [-0.2, -0.15) is 13.2 Å². The minimum absolute atomic E-state index is 0.237. The van der Waals surface area contributed by atoms with Crippen LogP contribution in [0.1, 0.15) is 53.6 Å². The Morgan fingerprint density at radius 3 is 2.49 bits per heavy atom. The molecule has 0 bridgehead atoms. The first kappa shape index (κ1) is 32.1. The Morgan fingerprint density at radius 1 is 0.878 bits per heavy atom. The quantitative estimate of drug-likeness (QED) is 0.147. The number of allylic oxidation sites excluding steroid dienone is 3. The number of hydrogen-bond donors (Lipinski definition) is 2. The van der Waals surface area contributed by atoms with Crippen molar-refractivity contribution in [3.05, 3.63) is 138 Å². The van der Waals surface area contributed by atoms with Crippen LogP contribution in [0.2, 0.25) is 0 Å². The largest absolute Gasteiger partial charge is 0.405 e. The summed E-state index contributed by atoms with van der Waals surface area (Å²) in [6.07, 6.45) is 6.33. The van der Waals surface area contributed by atoms with E-state index < -0.39 is 24.0 Å². The summed E-state index contributed by atoms with van der Waals surface area (Å²) in [7, 11) is 0. The van der Waals surface area contributed by atoms with Crippen molar-refractivity contribution < 1.29 is 22.8 Å². The summed E-state index contributed by atoms with van der Waals surface area (Å²) >= 11 is 0. The fraction of sp³-hybridized carbons (Fsp3) is 0.225. The molecule has 0 saturated carbocycles. The molecule has 2 aliphatic carbocycles. The van der Waals surface area contributed by atoms with E-state index in [-0.39, 0.29) is 5.91 Å². The third-order valence-corrected chi connectivity index (χ3v) is 9.58. The summed E-state index contributed by atoms with van der Waals surface area (Å²) in [5, 5.41) is 6.22. The Morgan fingerprint density at radius 2 is 1.67 bits per heavy atom. The van der Waals surface area contributed by atoms with Crippen LogP contribution in [-0.2, 0) is 16.8 Å². The number of nitrogens with zero attached hydrogens (tertiary/aromatic N) is 2. The van der Waals surface area contributed by atoms with E-state index >= 15 is 0 Å². The van der Waals surface area contributed by atoms with Crippen molar-refractivity contribution >= 4 is 34.0 Å². The molecule has 0 radical (unpaired) electrons. The number of halogens is 3. The molecule has 0 fully saturated rings. The first-order chi connectivity index (χ1) is 23.8. The fourth-order valence-corrected chi connectivity index (χ4v) is 7.42. The molecule has 2 amide bonds. The molecule has 2 aliphatic rings. The van der Waals surface area contributed by atoms with Crippen LogP contribution in [-0.4, -0.2) is 34.1 Å². The highest BCUT2D eigenvalue weighted by atomic mass is 19.4. The number of rotatable bonds is 10. The Balaban J connectivity index is 1.09. The second kappa shape index (κ2) is 13.2. The summed E-state index contributed by atoms with van der Waals surface area (Å²) < 4.78 is 41.9. The van der Waals surface area contributed by atoms with Crippen molar-refractivity contribution in [1.82, 2.24) is 14.9 Å². The standard InChI is InChI=1S/C40H35F3N4O2/c41-40(42,43)26-45-38(49)39(32-16-5-3-12-27(32)28-13-4-6-17-33(28)39)22-8-10-24-47-25-21-31-35(19-11-20-36(31)47)46-37(48)30-15-2-1-14-29(30)34-18-7-9-23-44-34/h1-5,7,9,11-16,18-21,23,25H,6,8,10,17,22,24,26H2,(H,45,49)(H,46,48). The number of anilines is 1. The molecular formula is C40H35F3N4O2. The summed E-state index contributed by atoms with van der Waals surface area (Å²) in [4.78, 5) is 31.8. The SMILES string of the molecule is O=C(Nc1cccc2c1ccn2CCCCC1(C(=O)NCC(F)(F)F)C2=C(C=CCC2)c2ccccc21)c1ccccc1-c1ccccn1. The number of amides is 2. The van der Waals surface area contributed by atoms with E-state index in [1.807, 2.05) is 97.2 Å². The van der Waals surface area contributed by atoms with Crippen molar-refractivity contribution in [1.29, 1.82) is 0 Å². The Labute approximate surface area is 282 Å². The third-order valence-electron chi connectivity index (χ3n) is 9.58. The van der Waals surface area contributed by atoms with E-state index in [2.05, 4.69) is 26.3 Å². The van der Waals surface area contributed by atoms with Crippen LogP contribution in [0.25, 0.3) is 27.7 Å². The summed E-state index contributed by atoms with van der Waals surface area (Å²) in [6.45, 7) is -0.728. The highest BCUT2D eigenvalue weighted by molar-refractivity contribution is 6.11. The number of fused-ring (bicyclic) bond motifs is 3. The lowest BCUT2D eigenvalue weighted by Crippen LogP contribution is -2.47. The van der Waals surface area contributed by atoms with Gasteiger partial charge >= 0.3 is 6.18 Å². The van der Waals surface area contributed by atoms with Gasteiger partial charge in [0.1, 0.15) is 6.54 Å². The van der Waals surface area contributed by atoms with Gasteiger partial charge in [0.2, 0.25) is 5.91 Å². The highest BCUT2D eigenvalue weighted by Gasteiger charge is 2.50. The number of benzene rings is 3. The first-order valence-electron chi connectivity index (χ1n) is 16.5. The Kier molecular flexibility index (Phi) is 8.67. The molecule has 49 heavy (non-hydrogen) atoms. The van der Waals surface area contributed by atoms with Crippen LogP contribution in [0.4, 0.5) is 18.9 Å². The first-order valence-corrected chi connectivity index (χ1v) is 16.5. The molecule has 1 unspecified atom stereocenters. The molecule has 5 aromatic rings. The number of aromatic nitrogens is 2. The lowest BCUT2D eigenvalue weighted by Gasteiger charge is -2.34. The van der Waals surface area contributed by atoms with E-state index in [0.717, 1.165) is 45.2 Å². The number of unbranched alkanes of at least 4 members (excludes halogenated alkanes) is 1. The van der Waals surface area contributed by atoms with Gasteiger partial charge in [0.25, 0.3) is 5.91 Å². The maximum atomic E-state index is 13.8. The summed E-state index contributed by atoms with van der Waals surface area (Å²) in [5.74, 6) is -0.826. The van der Waals surface area contributed by atoms with E-state index in [9.17, 15) is 22.8 Å². The number of carbonyl (C=O) groups is 2. The zero-order valence-electron chi connectivity index (χ0n) is 26.8. The normalized spacial score (nSPS) is 16.8. The fourth-order valence-electron chi connectivity index (χ4n) is 7.42. The van der Waals surface area contributed by atoms with Gasteiger partial charge in [-0.25, -0.2) is 0 Å². The zero-order valence-corrected chi connectivity index (χ0v) is 26.8. The molecule has 2 aromatic heterocycles. The number of hydrogen-bond acceptors (Lipinski definition) is 3. The van der Waals surface area contributed by atoms with Gasteiger partial charge in [-0.15, -0.1) is 0 Å². The van der Waals surface area contributed by atoms with Gasteiger partial charge in [-0.05, 0) is 90.8 Å². The molecule has 0 spiro atoms. The molecule has 1 atom stereocenters. The molecule has 248 valence electrons. The van der Waals surface area contributed by atoms with Crippen LogP contribution in [0.15, 0.2) is 121 Å². The number of nitrogens with one attached hydrogen (secondary N) is 2. The molecule has 7 rings (SSSR count). The van der Waals surface area contributed by atoms with E-state index in [0.29, 0.717) is 49.2 Å². The predicted octanol–water partition coefficient (Wildman–Crippen LogP) is 8.86. The van der Waals surface area contributed by atoms with Gasteiger partial charge in [-0.1, -0.05) is 66.7 Å². The molecule has 6 nitrogen and oxygen atoms in total. The maximum absolute atomic E-state index is 13.8. The molecule has 9 heteroatoms. The molecule has 0 saturated heterocycles. The van der Waals surface area contributed by atoms with E-state index in [1.54, 1.807) is 12.3 Å². The van der Waals surface area contributed by atoms with Crippen LogP contribution in [0.3, 0.4) is 0 Å². The topological polar surface area (TPSA) is 76.0 Å². The van der Waals surface area contributed by atoms with Crippen molar-refractivity contribution in [3.8, 4) is 11.3 Å². The average molecular weight is 661 g/mol. The third kappa shape index (κ3) is 6.17. The van der Waals surface area contributed by atoms with Gasteiger partial charge in [-0.3, -0.25) is 14.6 Å². The molecule has 2 heterocycles. The minimum Gasteiger partial charge on any atom is -0.347 e. The lowest BCUT2D eigenvalue weighted by atomic mass is 9.70. The van der Waals surface area contributed by atoms with Crippen LogP contribution in [0.5, 0.6) is 0 Å². The summed E-state index contributed by atoms with van der Waals surface area (Å²) in [6, 6.07) is 28.3. The van der Waals surface area contributed by atoms with Crippen molar-refractivity contribution in [2.75, 3.05) is 11.9 Å². The molecule has 2 N–H and O–H groups in total. The van der Waals surface area contributed by atoms with Crippen LogP contribution in [0, 0.1) is 0 Å². The molecular weight excluding hydrogens is 625 g/mol. The average Bonchev–Trinajstić information content (AvgIpc) is 3.67. The second-order valence-corrected chi connectivity index (χ2v) is 12.5. The van der Waals surface area contributed by atoms with E-state index in [1.165, 1.54) is 0 Å². The Hall–Kier alpha value is -5.44. The lowest BCUT2D eigenvalue weighted by molar-refractivity contribution is -0.141. The van der Waals surface area contributed by atoms with Crippen LogP contribution >= 0.6 is 0 Å². The van der Waals surface area contributed by atoms with Crippen molar-refractivity contribution in [2.45, 2.75) is 50.2 Å². The smallest absolute Gasteiger partial charge is 0.347 e. The van der Waals surface area contributed by atoms with Gasteiger partial charge in [0, 0.05) is 35.5 Å². The number of aryl methyl sites for hydroxylation is 1. The molecule has 0 aliphatic heterocycles. The van der Waals surface area contributed by atoms with Crippen molar-refractivity contribution in [3.63, 3.8) is 0 Å². The van der Waals surface area contributed by atoms with Gasteiger partial charge in [0.05, 0.1) is 22.3 Å². The molecule has 3 aromatic carbocycles. The monoisotopic (exact) mass is 660 g/mol. The number of pyridine rings is 1. The van der Waals surface area contributed by atoms with Gasteiger partial charge in [0.15, 0.2) is 0 Å². The zero-order chi connectivity index (χ0) is 34.0. The number of carbonyl (C=O) groups excluding carboxylic acids is 2. The Bertz CT molecular complexity index is 2100. The maximum Gasteiger partial charge on any atom is 0.405 e. The number of alkyl halides is 3.